The van der Waals surface area contributed by atoms with Crippen LogP contribution in [0.2, 0.25) is 0 Å². The number of hydrogen-bond acceptors (Lipinski definition) is 1. The molecule has 0 saturated heterocycles. The summed E-state index contributed by atoms with van der Waals surface area (Å²) in [4.78, 5) is 11.0. The van der Waals surface area contributed by atoms with Crippen LogP contribution in [0.1, 0.15) is 27.2 Å². The van der Waals surface area contributed by atoms with Crippen molar-refractivity contribution in [2.75, 3.05) is 0 Å². The number of rotatable bonds is 1. The summed E-state index contributed by atoms with van der Waals surface area (Å²) < 4.78 is 0. The molecule has 1 aliphatic rings. The smallest absolute Gasteiger partial charge is 0.158 e. The lowest BCUT2D eigenvalue weighted by atomic mass is 10.00. The normalized spacial score (nSPS) is 25.8. The molecule has 0 fully saturated rings. The van der Waals surface area contributed by atoms with Crippen LogP contribution in [0.5, 0.6) is 0 Å². The van der Waals surface area contributed by atoms with Gasteiger partial charge in [-0.3, -0.25) is 4.79 Å². The molecule has 1 heteroatoms. The summed E-state index contributed by atoms with van der Waals surface area (Å²) in [5.41, 5.74) is 1.32. The molecule has 0 saturated carbocycles. The fourth-order valence-corrected chi connectivity index (χ4v) is 1.24. The van der Waals surface area contributed by atoms with Gasteiger partial charge in [0.25, 0.3) is 0 Å². The van der Waals surface area contributed by atoms with Gasteiger partial charge in [0, 0.05) is 5.92 Å². The molecule has 0 spiro atoms. The second kappa shape index (κ2) is 2.57. The number of ketones is 1. The number of carbonyl (C=O) groups excluding carboxylic acids is 1. The molecule has 0 bridgehead atoms. The summed E-state index contributed by atoms with van der Waals surface area (Å²) in [5.74, 6) is 1.11. The highest BCUT2D eigenvalue weighted by Gasteiger charge is 2.21. The minimum Gasteiger partial charge on any atom is -0.295 e. The zero-order chi connectivity index (χ0) is 7.72. The maximum atomic E-state index is 11.0. The largest absolute Gasteiger partial charge is 0.295 e. The van der Waals surface area contributed by atoms with Crippen molar-refractivity contribution in [2.45, 2.75) is 27.2 Å². The Labute approximate surface area is 62.1 Å². The minimum atomic E-state index is 0.248. The van der Waals surface area contributed by atoms with Crippen LogP contribution in [0, 0.1) is 11.8 Å². The first-order valence-electron chi connectivity index (χ1n) is 3.85. The van der Waals surface area contributed by atoms with E-state index in [1.165, 1.54) is 5.57 Å². The van der Waals surface area contributed by atoms with E-state index in [0.717, 1.165) is 6.42 Å². The Hall–Kier alpha value is -0.590. The van der Waals surface area contributed by atoms with E-state index in [1.807, 2.05) is 13.0 Å². The third-order valence-corrected chi connectivity index (χ3v) is 2.10. The van der Waals surface area contributed by atoms with E-state index in [9.17, 15) is 4.79 Å². The topological polar surface area (TPSA) is 17.1 Å². The fraction of sp³-hybridized carbons (Fsp3) is 0.667. The summed E-state index contributed by atoms with van der Waals surface area (Å²) in [6.45, 7) is 6.27. The summed E-state index contributed by atoms with van der Waals surface area (Å²) in [6, 6.07) is 0. The molecule has 10 heavy (non-hydrogen) atoms. The summed E-state index contributed by atoms with van der Waals surface area (Å²) >= 11 is 0. The Bertz CT molecular complexity index is 177. The van der Waals surface area contributed by atoms with E-state index in [0.29, 0.717) is 11.7 Å². The molecule has 0 aromatic heterocycles. The standard InChI is InChI=1S/C9H14O/c1-6(2)8-4-7(3)9(10)5-8/h5-7H,4H2,1-3H3. The molecule has 1 aliphatic carbocycles. The summed E-state index contributed by atoms with van der Waals surface area (Å²) in [7, 11) is 0. The van der Waals surface area contributed by atoms with Crippen molar-refractivity contribution in [1.82, 2.24) is 0 Å². The minimum absolute atomic E-state index is 0.248. The number of hydrogen-bond donors (Lipinski definition) is 0. The van der Waals surface area contributed by atoms with Gasteiger partial charge < -0.3 is 0 Å². The lowest BCUT2D eigenvalue weighted by Crippen LogP contribution is -2.00. The van der Waals surface area contributed by atoms with Crippen LogP contribution in [0.15, 0.2) is 11.6 Å². The van der Waals surface area contributed by atoms with Gasteiger partial charge in [-0.1, -0.05) is 26.3 Å². The quantitative estimate of drug-likeness (QED) is 0.542. The molecule has 0 amide bonds. The highest BCUT2D eigenvalue weighted by Crippen LogP contribution is 2.26. The van der Waals surface area contributed by atoms with Gasteiger partial charge in [-0.25, -0.2) is 0 Å². The Kier molecular flexibility index (Phi) is 1.93. The van der Waals surface area contributed by atoms with Gasteiger partial charge in [0.15, 0.2) is 5.78 Å². The van der Waals surface area contributed by atoms with Gasteiger partial charge in [0.1, 0.15) is 0 Å². The molecule has 1 atom stereocenters. The number of allylic oxidation sites excluding steroid dienone is 2. The van der Waals surface area contributed by atoms with E-state index >= 15 is 0 Å². The molecule has 0 aromatic carbocycles. The predicted molar refractivity (Wildman–Crippen MR) is 41.7 cm³/mol. The summed E-state index contributed by atoms with van der Waals surface area (Å²) in [5, 5.41) is 0. The van der Waals surface area contributed by atoms with Crippen LogP contribution in [-0.2, 0) is 4.79 Å². The van der Waals surface area contributed by atoms with E-state index in [2.05, 4.69) is 13.8 Å². The van der Waals surface area contributed by atoms with E-state index in [1.54, 1.807) is 0 Å². The molecular formula is C9H14O. The van der Waals surface area contributed by atoms with Crippen molar-refractivity contribution in [2.24, 2.45) is 11.8 Å². The second-order valence-electron chi connectivity index (χ2n) is 3.38. The molecule has 0 aromatic rings. The lowest BCUT2D eigenvalue weighted by molar-refractivity contribution is -0.116. The van der Waals surface area contributed by atoms with E-state index in [4.69, 9.17) is 0 Å². The maximum Gasteiger partial charge on any atom is 0.158 e. The van der Waals surface area contributed by atoms with Crippen molar-refractivity contribution in [3.8, 4) is 0 Å². The maximum absolute atomic E-state index is 11.0. The Morgan fingerprint density at radius 2 is 2.20 bits per heavy atom. The SMILES string of the molecule is CC(C)C1=CC(=O)C(C)C1. The third-order valence-electron chi connectivity index (χ3n) is 2.10. The van der Waals surface area contributed by atoms with Crippen LogP contribution in [0.4, 0.5) is 0 Å². The van der Waals surface area contributed by atoms with Gasteiger partial charge >= 0.3 is 0 Å². The van der Waals surface area contributed by atoms with E-state index < -0.39 is 0 Å². The van der Waals surface area contributed by atoms with Crippen LogP contribution >= 0.6 is 0 Å². The third kappa shape index (κ3) is 1.28. The molecule has 1 rings (SSSR count). The second-order valence-corrected chi connectivity index (χ2v) is 3.38. The van der Waals surface area contributed by atoms with Crippen LogP contribution < -0.4 is 0 Å². The Morgan fingerprint density at radius 1 is 1.60 bits per heavy atom. The average Bonchev–Trinajstić information content (AvgIpc) is 2.13. The zero-order valence-corrected chi connectivity index (χ0v) is 6.85. The van der Waals surface area contributed by atoms with Gasteiger partial charge in [-0.2, -0.15) is 0 Å². The highest BCUT2D eigenvalue weighted by molar-refractivity contribution is 5.94. The Balaban J connectivity index is 2.67. The summed E-state index contributed by atoms with van der Waals surface area (Å²) in [6.07, 6.45) is 2.80. The molecule has 0 radical (unpaired) electrons. The van der Waals surface area contributed by atoms with E-state index in [-0.39, 0.29) is 5.92 Å². The average molecular weight is 138 g/mol. The molecule has 56 valence electrons. The fourth-order valence-electron chi connectivity index (χ4n) is 1.24. The Morgan fingerprint density at radius 3 is 2.40 bits per heavy atom. The molecule has 0 N–H and O–H groups in total. The molecule has 1 nitrogen and oxygen atoms in total. The number of carbonyl (C=O) groups is 1. The van der Waals surface area contributed by atoms with Gasteiger partial charge in [-0.05, 0) is 18.4 Å². The van der Waals surface area contributed by atoms with Crippen LogP contribution in [0.3, 0.4) is 0 Å². The molecule has 1 unspecified atom stereocenters. The molecule has 0 heterocycles. The van der Waals surface area contributed by atoms with Gasteiger partial charge in [-0.15, -0.1) is 0 Å². The van der Waals surface area contributed by atoms with Crippen molar-refractivity contribution in [3.05, 3.63) is 11.6 Å². The predicted octanol–water partition coefficient (Wildman–Crippen LogP) is 2.18. The van der Waals surface area contributed by atoms with Crippen molar-refractivity contribution >= 4 is 5.78 Å². The highest BCUT2D eigenvalue weighted by atomic mass is 16.1. The first-order valence-corrected chi connectivity index (χ1v) is 3.85. The van der Waals surface area contributed by atoms with Gasteiger partial charge in [0.2, 0.25) is 0 Å². The molecular weight excluding hydrogens is 124 g/mol. The van der Waals surface area contributed by atoms with Crippen LogP contribution in [-0.4, -0.2) is 5.78 Å². The monoisotopic (exact) mass is 138 g/mol. The lowest BCUT2D eigenvalue weighted by Gasteiger charge is -2.04. The molecule has 0 aliphatic heterocycles. The first-order chi connectivity index (χ1) is 4.61. The van der Waals surface area contributed by atoms with Crippen molar-refractivity contribution < 1.29 is 4.79 Å². The van der Waals surface area contributed by atoms with Crippen molar-refractivity contribution in [3.63, 3.8) is 0 Å². The first kappa shape index (κ1) is 7.52. The van der Waals surface area contributed by atoms with Crippen molar-refractivity contribution in [1.29, 1.82) is 0 Å². The van der Waals surface area contributed by atoms with Crippen LogP contribution in [0.25, 0.3) is 0 Å². The zero-order valence-electron chi connectivity index (χ0n) is 6.85. The van der Waals surface area contributed by atoms with Gasteiger partial charge in [0.05, 0.1) is 0 Å².